The van der Waals surface area contributed by atoms with Crippen LogP contribution in [0.15, 0.2) is 0 Å². The van der Waals surface area contributed by atoms with Crippen LogP contribution < -0.4 is 5.32 Å². The first kappa shape index (κ1) is 12.4. The number of methoxy groups -OCH3 is 2. The van der Waals surface area contributed by atoms with Crippen molar-refractivity contribution in [2.45, 2.75) is 25.8 Å². The Bertz CT molecular complexity index is 161. The molecular formula is C9H19NO3. The monoisotopic (exact) mass is 189 g/mol. The minimum atomic E-state index is -0.723. The number of carbonyl (C=O) groups is 1. The van der Waals surface area contributed by atoms with Gasteiger partial charge in [-0.15, -0.1) is 0 Å². The van der Waals surface area contributed by atoms with E-state index < -0.39 is 5.54 Å². The van der Waals surface area contributed by atoms with Gasteiger partial charge in [-0.1, -0.05) is 6.92 Å². The highest BCUT2D eigenvalue weighted by Gasteiger charge is 2.33. The zero-order valence-corrected chi connectivity index (χ0v) is 8.85. The van der Waals surface area contributed by atoms with Crippen molar-refractivity contribution in [3.63, 3.8) is 0 Å². The summed E-state index contributed by atoms with van der Waals surface area (Å²) in [5.41, 5.74) is -0.723. The van der Waals surface area contributed by atoms with Gasteiger partial charge in [0.05, 0.1) is 13.7 Å². The molecule has 0 aliphatic heterocycles. The van der Waals surface area contributed by atoms with Gasteiger partial charge in [0, 0.05) is 7.11 Å². The Kier molecular flexibility index (Phi) is 5.66. The van der Waals surface area contributed by atoms with Gasteiger partial charge in [-0.2, -0.15) is 0 Å². The minimum Gasteiger partial charge on any atom is -0.468 e. The van der Waals surface area contributed by atoms with E-state index in [1.807, 2.05) is 6.92 Å². The molecule has 0 bridgehead atoms. The average Bonchev–Trinajstić information content (AvgIpc) is 2.14. The molecule has 0 aliphatic carbocycles. The van der Waals surface area contributed by atoms with E-state index >= 15 is 0 Å². The van der Waals surface area contributed by atoms with E-state index in [2.05, 4.69) is 10.1 Å². The summed E-state index contributed by atoms with van der Waals surface area (Å²) in [5, 5.41) is 3.10. The van der Waals surface area contributed by atoms with E-state index in [1.54, 1.807) is 14.0 Å². The topological polar surface area (TPSA) is 47.6 Å². The number of esters is 1. The molecule has 0 saturated carbocycles. The maximum absolute atomic E-state index is 11.4. The quantitative estimate of drug-likeness (QED) is 0.620. The summed E-state index contributed by atoms with van der Waals surface area (Å²) in [7, 11) is 2.94. The molecule has 0 aromatic rings. The number of carbonyl (C=O) groups excluding carboxylic acids is 1. The fraction of sp³-hybridized carbons (Fsp3) is 0.889. The molecule has 78 valence electrons. The first-order valence-corrected chi connectivity index (χ1v) is 4.43. The van der Waals surface area contributed by atoms with Crippen LogP contribution in [0.1, 0.15) is 20.3 Å². The lowest BCUT2D eigenvalue weighted by Gasteiger charge is -2.26. The molecule has 0 fully saturated rings. The molecule has 0 aliphatic rings. The summed E-state index contributed by atoms with van der Waals surface area (Å²) < 4.78 is 9.65. The van der Waals surface area contributed by atoms with E-state index in [9.17, 15) is 4.79 Å². The second kappa shape index (κ2) is 5.94. The highest BCUT2D eigenvalue weighted by atomic mass is 16.5. The molecule has 1 unspecified atom stereocenters. The van der Waals surface area contributed by atoms with Crippen molar-refractivity contribution in [2.75, 3.05) is 27.4 Å². The smallest absolute Gasteiger partial charge is 0.328 e. The maximum Gasteiger partial charge on any atom is 0.328 e. The molecule has 1 atom stereocenters. The van der Waals surface area contributed by atoms with Crippen molar-refractivity contribution in [3.05, 3.63) is 0 Å². The second-order valence-corrected chi connectivity index (χ2v) is 3.18. The minimum absolute atomic E-state index is 0.289. The van der Waals surface area contributed by atoms with Crippen LogP contribution >= 0.6 is 0 Å². The molecule has 4 heteroatoms. The Balaban J connectivity index is 4.23. The van der Waals surface area contributed by atoms with E-state index in [0.717, 1.165) is 13.0 Å². The van der Waals surface area contributed by atoms with Gasteiger partial charge in [0.15, 0.2) is 0 Å². The standard InChI is InChI=1S/C9H19NO3/c1-5-6-10-9(2,7-12-3)8(11)13-4/h10H,5-7H2,1-4H3. The van der Waals surface area contributed by atoms with Crippen molar-refractivity contribution in [2.24, 2.45) is 0 Å². The number of ether oxygens (including phenoxy) is 2. The number of hydrogen-bond acceptors (Lipinski definition) is 4. The molecule has 13 heavy (non-hydrogen) atoms. The number of rotatable bonds is 6. The number of hydrogen-bond donors (Lipinski definition) is 1. The zero-order valence-electron chi connectivity index (χ0n) is 8.85. The highest BCUT2D eigenvalue weighted by molar-refractivity contribution is 5.80. The van der Waals surface area contributed by atoms with Gasteiger partial charge in [-0.05, 0) is 19.9 Å². The molecule has 1 N–H and O–H groups in total. The summed E-state index contributed by atoms with van der Waals surface area (Å²) in [6.45, 7) is 4.91. The Morgan fingerprint density at radius 1 is 1.46 bits per heavy atom. The Labute approximate surface area is 79.6 Å². The molecule has 0 saturated heterocycles. The van der Waals surface area contributed by atoms with Gasteiger partial charge in [-0.25, -0.2) is 4.79 Å². The van der Waals surface area contributed by atoms with E-state index in [4.69, 9.17) is 4.74 Å². The van der Waals surface area contributed by atoms with E-state index in [1.165, 1.54) is 7.11 Å². The van der Waals surface area contributed by atoms with Crippen LogP contribution in [0.4, 0.5) is 0 Å². The summed E-state index contributed by atoms with van der Waals surface area (Å²) in [6, 6.07) is 0. The summed E-state index contributed by atoms with van der Waals surface area (Å²) in [6.07, 6.45) is 0.969. The van der Waals surface area contributed by atoms with E-state index in [-0.39, 0.29) is 5.97 Å². The lowest BCUT2D eigenvalue weighted by atomic mass is 10.0. The molecular weight excluding hydrogens is 170 g/mol. The lowest BCUT2D eigenvalue weighted by molar-refractivity contribution is -0.150. The second-order valence-electron chi connectivity index (χ2n) is 3.18. The Morgan fingerprint density at radius 3 is 2.46 bits per heavy atom. The third kappa shape index (κ3) is 3.74. The normalized spacial score (nSPS) is 15.1. The molecule has 0 amide bonds. The van der Waals surface area contributed by atoms with Crippen LogP contribution in [0.2, 0.25) is 0 Å². The maximum atomic E-state index is 11.4. The fourth-order valence-corrected chi connectivity index (χ4v) is 1.10. The molecule has 0 spiro atoms. The van der Waals surface area contributed by atoms with Crippen LogP contribution in [-0.2, 0) is 14.3 Å². The average molecular weight is 189 g/mol. The fourth-order valence-electron chi connectivity index (χ4n) is 1.10. The Hall–Kier alpha value is -0.610. The molecule has 0 aromatic carbocycles. The van der Waals surface area contributed by atoms with Crippen LogP contribution in [0.5, 0.6) is 0 Å². The van der Waals surface area contributed by atoms with Gasteiger partial charge in [0.1, 0.15) is 5.54 Å². The molecule has 0 aromatic heterocycles. The van der Waals surface area contributed by atoms with Crippen molar-refractivity contribution < 1.29 is 14.3 Å². The van der Waals surface area contributed by atoms with Crippen molar-refractivity contribution >= 4 is 5.97 Å². The predicted octanol–water partition coefficient (Wildman–Crippen LogP) is 0.564. The molecule has 0 heterocycles. The summed E-state index contributed by atoms with van der Waals surface area (Å²) >= 11 is 0. The lowest BCUT2D eigenvalue weighted by Crippen LogP contribution is -2.53. The van der Waals surface area contributed by atoms with Crippen molar-refractivity contribution in [3.8, 4) is 0 Å². The molecule has 4 nitrogen and oxygen atoms in total. The highest BCUT2D eigenvalue weighted by Crippen LogP contribution is 2.06. The third-order valence-electron chi connectivity index (χ3n) is 1.83. The van der Waals surface area contributed by atoms with Crippen LogP contribution in [0.25, 0.3) is 0 Å². The van der Waals surface area contributed by atoms with Crippen molar-refractivity contribution in [1.29, 1.82) is 0 Å². The van der Waals surface area contributed by atoms with Gasteiger partial charge >= 0.3 is 5.97 Å². The first-order chi connectivity index (χ1) is 6.10. The molecule has 0 radical (unpaired) electrons. The molecule has 0 rings (SSSR count). The van der Waals surface area contributed by atoms with E-state index in [0.29, 0.717) is 6.61 Å². The first-order valence-electron chi connectivity index (χ1n) is 4.43. The van der Waals surface area contributed by atoms with Gasteiger partial charge in [0.25, 0.3) is 0 Å². The summed E-state index contributed by atoms with van der Waals surface area (Å²) in [5.74, 6) is -0.289. The SMILES string of the molecule is CCCNC(C)(COC)C(=O)OC. The predicted molar refractivity (Wildman–Crippen MR) is 50.6 cm³/mol. The van der Waals surface area contributed by atoms with Crippen LogP contribution in [0, 0.1) is 0 Å². The van der Waals surface area contributed by atoms with Crippen molar-refractivity contribution in [1.82, 2.24) is 5.32 Å². The summed E-state index contributed by atoms with van der Waals surface area (Å²) in [4.78, 5) is 11.4. The van der Waals surface area contributed by atoms with Crippen LogP contribution in [-0.4, -0.2) is 38.9 Å². The third-order valence-corrected chi connectivity index (χ3v) is 1.83. The largest absolute Gasteiger partial charge is 0.468 e. The van der Waals surface area contributed by atoms with Crippen LogP contribution in [0.3, 0.4) is 0 Å². The number of nitrogens with one attached hydrogen (secondary N) is 1. The van der Waals surface area contributed by atoms with Gasteiger partial charge in [-0.3, -0.25) is 0 Å². The Morgan fingerprint density at radius 2 is 2.08 bits per heavy atom. The van der Waals surface area contributed by atoms with Gasteiger partial charge in [0.2, 0.25) is 0 Å². The van der Waals surface area contributed by atoms with Gasteiger partial charge < -0.3 is 14.8 Å². The zero-order chi connectivity index (χ0) is 10.3.